The minimum atomic E-state index is 0.172. The number of halogens is 1. The maximum Gasteiger partial charge on any atom is 0.129 e. The second-order valence-electron chi connectivity index (χ2n) is 5.00. The number of aromatic nitrogens is 1. The molecule has 5 heteroatoms. The van der Waals surface area contributed by atoms with E-state index in [1.54, 1.807) is 13.2 Å². The van der Waals surface area contributed by atoms with E-state index in [0.717, 1.165) is 34.9 Å². The van der Waals surface area contributed by atoms with Crippen molar-refractivity contribution in [1.82, 2.24) is 4.98 Å². The van der Waals surface area contributed by atoms with E-state index in [4.69, 9.17) is 21.1 Å². The number of hydrogen-bond donors (Lipinski definition) is 1. The minimum absolute atomic E-state index is 0.172. The number of pyridine rings is 1. The molecule has 0 aliphatic carbocycles. The van der Waals surface area contributed by atoms with Crippen molar-refractivity contribution in [3.05, 3.63) is 46.7 Å². The van der Waals surface area contributed by atoms with Gasteiger partial charge in [0.05, 0.1) is 31.1 Å². The standard InChI is InChI=1S/C16H17ClN2O2/c1-10-13(4-6-16(17)18-10)19-14-7-8-21-15-5-3-11(20-2)9-12(14)15/h3-6,9,14,19H,7-8H2,1-2H3. The molecule has 1 atom stereocenters. The van der Waals surface area contributed by atoms with Gasteiger partial charge in [-0.25, -0.2) is 4.98 Å². The zero-order valence-electron chi connectivity index (χ0n) is 12.0. The van der Waals surface area contributed by atoms with Crippen molar-refractivity contribution in [2.45, 2.75) is 19.4 Å². The van der Waals surface area contributed by atoms with Crippen molar-refractivity contribution >= 4 is 17.3 Å². The minimum Gasteiger partial charge on any atom is -0.497 e. The first kappa shape index (κ1) is 14.0. The highest BCUT2D eigenvalue weighted by Gasteiger charge is 2.22. The number of fused-ring (bicyclic) bond motifs is 1. The van der Waals surface area contributed by atoms with Gasteiger partial charge in [0.15, 0.2) is 0 Å². The van der Waals surface area contributed by atoms with Gasteiger partial charge >= 0.3 is 0 Å². The molecule has 0 amide bonds. The third-order valence-corrected chi connectivity index (χ3v) is 3.85. The largest absolute Gasteiger partial charge is 0.497 e. The molecular formula is C16H17ClN2O2. The normalized spacial score (nSPS) is 16.8. The van der Waals surface area contributed by atoms with Crippen molar-refractivity contribution in [3.63, 3.8) is 0 Å². The third-order valence-electron chi connectivity index (χ3n) is 3.64. The van der Waals surface area contributed by atoms with Gasteiger partial charge in [-0.05, 0) is 37.3 Å². The highest BCUT2D eigenvalue weighted by atomic mass is 35.5. The summed E-state index contributed by atoms with van der Waals surface area (Å²) in [6.45, 7) is 2.64. The van der Waals surface area contributed by atoms with Crippen molar-refractivity contribution in [2.75, 3.05) is 19.0 Å². The molecule has 110 valence electrons. The molecule has 0 spiro atoms. The van der Waals surface area contributed by atoms with Crippen molar-refractivity contribution < 1.29 is 9.47 Å². The Morgan fingerprint density at radius 2 is 2.19 bits per heavy atom. The van der Waals surface area contributed by atoms with Gasteiger partial charge in [-0.3, -0.25) is 0 Å². The first-order valence-corrected chi connectivity index (χ1v) is 7.25. The number of benzene rings is 1. The molecular weight excluding hydrogens is 288 g/mol. The van der Waals surface area contributed by atoms with Crippen LogP contribution < -0.4 is 14.8 Å². The molecule has 1 aromatic carbocycles. The number of ether oxygens (including phenoxy) is 2. The predicted octanol–water partition coefficient (Wildman–Crippen LogP) is 3.99. The van der Waals surface area contributed by atoms with Gasteiger partial charge in [-0.1, -0.05) is 11.6 Å². The Kier molecular flexibility index (Phi) is 3.88. The van der Waals surface area contributed by atoms with Gasteiger partial charge in [0.2, 0.25) is 0 Å². The van der Waals surface area contributed by atoms with Gasteiger partial charge in [0.1, 0.15) is 16.7 Å². The highest BCUT2D eigenvalue weighted by Crippen LogP contribution is 2.37. The van der Waals surface area contributed by atoms with Crippen molar-refractivity contribution in [2.24, 2.45) is 0 Å². The Bertz CT molecular complexity index is 661. The van der Waals surface area contributed by atoms with Gasteiger partial charge in [0.25, 0.3) is 0 Å². The number of nitrogens with one attached hydrogen (secondary N) is 1. The average molecular weight is 305 g/mol. The number of hydrogen-bond acceptors (Lipinski definition) is 4. The van der Waals surface area contributed by atoms with Crippen LogP contribution in [0.2, 0.25) is 5.15 Å². The van der Waals surface area contributed by atoms with Crippen LogP contribution in [-0.4, -0.2) is 18.7 Å². The monoisotopic (exact) mass is 304 g/mol. The van der Waals surface area contributed by atoms with Crippen LogP contribution >= 0.6 is 11.6 Å². The fourth-order valence-electron chi connectivity index (χ4n) is 2.52. The molecule has 3 rings (SSSR count). The Hall–Kier alpha value is -1.94. The third kappa shape index (κ3) is 2.90. The summed E-state index contributed by atoms with van der Waals surface area (Å²) in [6.07, 6.45) is 0.891. The Morgan fingerprint density at radius 3 is 2.95 bits per heavy atom. The number of methoxy groups -OCH3 is 1. The summed E-state index contributed by atoms with van der Waals surface area (Å²) in [5.41, 5.74) is 2.98. The van der Waals surface area contributed by atoms with Crippen LogP contribution in [0.15, 0.2) is 30.3 Å². The lowest BCUT2D eigenvalue weighted by molar-refractivity contribution is 0.273. The summed E-state index contributed by atoms with van der Waals surface area (Å²) >= 11 is 5.90. The summed E-state index contributed by atoms with van der Waals surface area (Å²) in [5.74, 6) is 1.73. The maximum atomic E-state index is 5.90. The molecule has 0 bridgehead atoms. The molecule has 4 nitrogen and oxygen atoms in total. The van der Waals surface area contributed by atoms with Crippen LogP contribution in [0.25, 0.3) is 0 Å². The van der Waals surface area contributed by atoms with Gasteiger partial charge < -0.3 is 14.8 Å². The SMILES string of the molecule is COc1ccc2c(c1)C(Nc1ccc(Cl)nc1C)CCO2. The molecule has 2 aromatic rings. The van der Waals surface area contributed by atoms with Crippen molar-refractivity contribution in [1.29, 1.82) is 0 Å². The van der Waals surface area contributed by atoms with Gasteiger partial charge in [0, 0.05) is 12.0 Å². The van der Waals surface area contributed by atoms with E-state index in [-0.39, 0.29) is 6.04 Å². The average Bonchev–Trinajstić information content (AvgIpc) is 2.50. The topological polar surface area (TPSA) is 43.4 Å². The number of anilines is 1. The lowest BCUT2D eigenvalue weighted by Crippen LogP contribution is -2.21. The van der Waals surface area contributed by atoms with E-state index >= 15 is 0 Å². The molecule has 0 saturated heterocycles. The summed E-state index contributed by atoms with van der Waals surface area (Å²) in [7, 11) is 1.67. The smallest absolute Gasteiger partial charge is 0.129 e. The van der Waals surface area contributed by atoms with E-state index in [1.165, 1.54) is 0 Å². The highest BCUT2D eigenvalue weighted by molar-refractivity contribution is 6.29. The Labute approximate surface area is 129 Å². The van der Waals surface area contributed by atoms with Crippen LogP contribution in [0.3, 0.4) is 0 Å². The first-order chi connectivity index (χ1) is 10.2. The van der Waals surface area contributed by atoms with E-state index in [9.17, 15) is 0 Å². The fraction of sp³-hybridized carbons (Fsp3) is 0.312. The number of aryl methyl sites for hydroxylation is 1. The zero-order chi connectivity index (χ0) is 14.8. The summed E-state index contributed by atoms with van der Waals surface area (Å²) in [6, 6.07) is 9.81. The lowest BCUT2D eigenvalue weighted by Gasteiger charge is -2.28. The first-order valence-electron chi connectivity index (χ1n) is 6.88. The van der Waals surface area contributed by atoms with E-state index in [1.807, 2.05) is 31.2 Å². The molecule has 1 aromatic heterocycles. The summed E-state index contributed by atoms with van der Waals surface area (Å²) in [4.78, 5) is 4.28. The van der Waals surface area contributed by atoms with Gasteiger partial charge in [-0.2, -0.15) is 0 Å². The molecule has 1 N–H and O–H groups in total. The molecule has 21 heavy (non-hydrogen) atoms. The van der Waals surface area contributed by atoms with Crippen LogP contribution in [0.1, 0.15) is 23.7 Å². The number of nitrogens with zero attached hydrogens (tertiary/aromatic N) is 1. The Balaban J connectivity index is 1.90. The molecule has 2 heterocycles. The summed E-state index contributed by atoms with van der Waals surface area (Å²) in [5, 5.41) is 4.03. The van der Waals surface area contributed by atoms with E-state index < -0.39 is 0 Å². The molecule has 0 fully saturated rings. The predicted molar refractivity (Wildman–Crippen MR) is 83.5 cm³/mol. The quantitative estimate of drug-likeness (QED) is 0.871. The van der Waals surface area contributed by atoms with Crippen LogP contribution in [0.5, 0.6) is 11.5 Å². The van der Waals surface area contributed by atoms with Crippen LogP contribution in [-0.2, 0) is 0 Å². The number of rotatable bonds is 3. The van der Waals surface area contributed by atoms with Crippen molar-refractivity contribution in [3.8, 4) is 11.5 Å². The van der Waals surface area contributed by atoms with Crippen LogP contribution in [0, 0.1) is 6.92 Å². The molecule has 0 saturated carbocycles. The zero-order valence-corrected chi connectivity index (χ0v) is 12.8. The maximum absolute atomic E-state index is 5.90. The lowest BCUT2D eigenvalue weighted by atomic mass is 9.99. The van der Waals surface area contributed by atoms with E-state index in [2.05, 4.69) is 10.3 Å². The van der Waals surface area contributed by atoms with Crippen LogP contribution in [0.4, 0.5) is 5.69 Å². The second-order valence-corrected chi connectivity index (χ2v) is 5.39. The fourth-order valence-corrected chi connectivity index (χ4v) is 2.71. The molecule has 1 unspecified atom stereocenters. The molecule has 0 radical (unpaired) electrons. The summed E-state index contributed by atoms with van der Waals surface area (Å²) < 4.78 is 11.0. The Morgan fingerprint density at radius 1 is 1.33 bits per heavy atom. The van der Waals surface area contributed by atoms with E-state index in [0.29, 0.717) is 11.8 Å². The molecule has 1 aliphatic rings. The second kappa shape index (κ2) is 5.82. The molecule has 1 aliphatic heterocycles. The van der Waals surface area contributed by atoms with Gasteiger partial charge in [-0.15, -0.1) is 0 Å².